The van der Waals surface area contributed by atoms with Crippen LogP contribution in [-0.2, 0) is 4.79 Å². The normalized spacial score (nSPS) is 22.8. The number of ketones is 2. The highest BCUT2D eigenvalue weighted by molar-refractivity contribution is 6.29. The lowest BCUT2D eigenvalue weighted by Gasteiger charge is -2.27. The number of aromatic amines is 1. The summed E-state index contributed by atoms with van der Waals surface area (Å²) in [4.78, 5) is 36.7. The molecule has 1 aromatic rings. The highest BCUT2D eigenvalue weighted by atomic mass is 35.5. The highest BCUT2D eigenvalue weighted by Gasteiger charge is 2.40. The molecule has 0 bridgehead atoms. The Morgan fingerprint density at radius 1 is 1.29 bits per heavy atom. The minimum atomic E-state index is -0.772. The summed E-state index contributed by atoms with van der Waals surface area (Å²) >= 11 is 0. The number of fused-ring (bicyclic) bond motifs is 2. The van der Waals surface area contributed by atoms with E-state index < -0.39 is 5.54 Å². The van der Waals surface area contributed by atoms with Gasteiger partial charge < -0.3 is 4.98 Å². The van der Waals surface area contributed by atoms with Gasteiger partial charge in [0.2, 0.25) is 0 Å². The Hall–Kier alpha value is -1.75. The van der Waals surface area contributed by atoms with Crippen LogP contribution in [0.25, 0.3) is 5.57 Å². The fraction of sp³-hybridized carbons (Fsp3) is 0.467. The van der Waals surface area contributed by atoms with E-state index in [0.717, 1.165) is 24.2 Å². The fourth-order valence-electron chi connectivity index (χ4n) is 2.82. The minimum Gasteiger partial charge on any atom is -0.339 e. The quantitative estimate of drug-likeness (QED) is 0.866. The van der Waals surface area contributed by atoms with Crippen LogP contribution in [0.15, 0.2) is 10.6 Å². The van der Waals surface area contributed by atoms with Crippen LogP contribution in [0.4, 0.5) is 0 Å². The number of halogens is 1. The van der Waals surface area contributed by atoms with Crippen molar-refractivity contribution < 1.29 is 9.59 Å². The van der Waals surface area contributed by atoms with E-state index in [1.54, 1.807) is 20.1 Å². The van der Waals surface area contributed by atoms with Gasteiger partial charge in [0, 0.05) is 29.7 Å². The molecular formula is C15H16ClN3O2. The van der Waals surface area contributed by atoms with Gasteiger partial charge in [0.05, 0.1) is 0 Å². The third-order valence-electron chi connectivity index (χ3n) is 4.23. The Balaban J connectivity index is 0.00000132. The number of dihydropyridines is 1. The summed E-state index contributed by atoms with van der Waals surface area (Å²) in [7, 11) is 0. The summed E-state index contributed by atoms with van der Waals surface area (Å²) in [5.74, 6) is 1.22. The molecule has 4 rings (SSSR count). The van der Waals surface area contributed by atoms with E-state index in [1.807, 2.05) is 0 Å². The molecule has 0 radical (unpaired) electrons. The monoisotopic (exact) mass is 305 g/mol. The SMILES string of the molecule is CC1(C)N=CC2=C(CC(=O)c3[nH]c(C4CC4)nc32)C1=O.Cl. The van der Waals surface area contributed by atoms with Gasteiger partial charge in [-0.1, -0.05) is 0 Å². The van der Waals surface area contributed by atoms with Gasteiger partial charge in [-0.2, -0.15) is 0 Å². The summed E-state index contributed by atoms with van der Waals surface area (Å²) in [6.07, 6.45) is 4.10. The van der Waals surface area contributed by atoms with E-state index in [9.17, 15) is 9.59 Å². The summed E-state index contributed by atoms with van der Waals surface area (Å²) < 4.78 is 0. The molecule has 1 aromatic heterocycles. The first-order valence-corrected chi connectivity index (χ1v) is 6.94. The van der Waals surface area contributed by atoms with Crippen molar-refractivity contribution in [1.82, 2.24) is 9.97 Å². The Morgan fingerprint density at radius 3 is 2.67 bits per heavy atom. The van der Waals surface area contributed by atoms with Gasteiger partial charge in [0.25, 0.3) is 0 Å². The number of aliphatic imine (C=N–C) groups is 1. The number of carbonyl (C=O) groups excluding carboxylic acids is 2. The molecule has 1 fully saturated rings. The molecule has 0 amide bonds. The molecule has 3 aliphatic rings. The average molecular weight is 306 g/mol. The third kappa shape index (κ3) is 1.99. The fourth-order valence-corrected chi connectivity index (χ4v) is 2.82. The first-order chi connectivity index (χ1) is 9.47. The van der Waals surface area contributed by atoms with E-state index in [-0.39, 0.29) is 30.4 Å². The third-order valence-corrected chi connectivity index (χ3v) is 4.23. The second-order valence-corrected chi connectivity index (χ2v) is 6.26. The minimum absolute atomic E-state index is 0. The molecule has 2 aliphatic carbocycles. The van der Waals surface area contributed by atoms with Crippen molar-refractivity contribution in [2.75, 3.05) is 0 Å². The van der Waals surface area contributed by atoms with Crippen molar-refractivity contribution in [3.8, 4) is 0 Å². The second-order valence-electron chi connectivity index (χ2n) is 6.26. The molecule has 1 N–H and O–H groups in total. The number of rotatable bonds is 1. The first-order valence-electron chi connectivity index (χ1n) is 6.94. The Bertz CT molecular complexity index is 723. The molecule has 5 nitrogen and oxygen atoms in total. The number of aromatic nitrogens is 2. The molecule has 110 valence electrons. The van der Waals surface area contributed by atoms with Crippen LogP contribution in [0.2, 0.25) is 0 Å². The van der Waals surface area contributed by atoms with Gasteiger partial charge in [-0.15, -0.1) is 12.4 Å². The van der Waals surface area contributed by atoms with Crippen molar-refractivity contribution in [3.63, 3.8) is 0 Å². The zero-order valence-corrected chi connectivity index (χ0v) is 12.7. The van der Waals surface area contributed by atoms with Crippen LogP contribution in [0, 0.1) is 0 Å². The maximum Gasteiger partial charge on any atom is 0.186 e. The Labute approximate surface area is 128 Å². The van der Waals surface area contributed by atoms with Gasteiger partial charge >= 0.3 is 0 Å². The summed E-state index contributed by atoms with van der Waals surface area (Å²) in [6, 6.07) is 0. The summed E-state index contributed by atoms with van der Waals surface area (Å²) in [6.45, 7) is 3.55. The lowest BCUT2D eigenvalue weighted by molar-refractivity contribution is -0.119. The van der Waals surface area contributed by atoms with Crippen LogP contribution in [0.3, 0.4) is 0 Å². The number of allylic oxidation sites excluding steroid dienone is 1. The van der Waals surface area contributed by atoms with Crippen molar-refractivity contribution in [1.29, 1.82) is 0 Å². The molecule has 0 unspecified atom stereocenters. The summed E-state index contributed by atoms with van der Waals surface area (Å²) in [5.41, 5.74) is 1.69. The van der Waals surface area contributed by atoms with E-state index in [2.05, 4.69) is 15.0 Å². The largest absolute Gasteiger partial charge is 0.339 e. The van der Waals surface area contributed by atoms with Crippen LogP contribution < -0.4 is 0 Å². The lowest BCUT2D eigenvalue weighted by Crippen LogP contribution is -2.36. The molecule has 1 saturated carbocycles. The maximum absolute atomic E-state index is 12.4. The number of Topliss-reactive ketones (excluding diaryl/α,β-unsaturated/α-hetero) is 2. The van der Waals surface area contributed by atoms with E-state index >= 15 is 0 Å². The predicted molar refractivity (Wildman–Crippen MR) is 81.3 cm³/mol. The summed E-state index contributed by atoms with van der Waals surface area (Å²) in [5, 5.41) is 0. The van der Waals surface area contributed by atoms with Gasteiger partial charge in [0.1, 0.15) is 22.8 Å². The van der Waals surface area contributed by atoms with Crippen molar-refractivity contribution in [3.05, 3.63) is 22.8 Å². The van der Waals surface area contributed by atoms with E-state index in [4.69, 9.17) is 0 Å². The van der Waals surface area contributed by atoms with Crippen molar-refractivity contribution in [2.24, 2.45) is 4.99 Å². The second kappa shape index (κ2) is 4.37. The molecule has 2 heterocycles. The topological polar surface area (TPSA) is 75.2 Å². The number of imidazole rings is 1. The Morgan fingerprint density at radius 2 is 2.00 bits per heavy atom. The zero-order valence-electron chi connectivity index (χ0n) is 11.9. The number of nitrogens with zero attached hydrogens (tertiary/aromatic N) is 2. The molecule has 0 atom stereocenters. The number of hydrogen-bond acceptors (Lipinski definition) is 4. The molecule has 1 aliphatic heterocycles. The zero-order chi connectivity index (χ0) is 14.1. The average Bonchev–Trinajstić information content (AvgIpc) is 3.14. The molecule has 6 heteroatoms. The molecule has 0 saturated heterocycles. The number of carbonyl (C=O) groups is 2. The lowest BCUT2D eigenvalue weighted by atomic mass is 9.81. The molecule has 0 aromatic carbocycles. The van der Waals surface area contributed by atoms with Gasteiger partial charge in [-0.25, -0.2) is 4.98 Å². The molecular weight excluding hydrogens is 290 g/mol. The number of nitrogens with one attached hydrogen (secondary N) is 1. The first kappa shape index (κ1) is 14.2. The van der Waals surface area contributed by atoms with Gasteiger partial charge in [0.15, 0.2) is 11.6 Å². The van der Waals surface area contributed by atoms with Gasteiger partial charge in [-0.3, -0.25) is 14.6 Å². The molecule has 21 heavy (non-hydrogen) atoms. The number of hydrogen-bond donors (Lipinski definition) is 1. The van der Waals surface area contributed by atoms with E-state index in [1.165, 1.54) is 0 Å². The van der Waals surface area contributed by atoms with Gasteiger partial charge in [-0.05, 0) is 26.7 Å². The van der Waals surface area contributed by atoms with E-state index in [0.29, 0.717) is 22.9 Å². The smallest absolute Gasteiger partial charge is 0.186 e. The number of H-pyrrole nitrogens is 1. The maximum atomic E-state index is 12.4. The van der Waals surface area contributed by atoms with Crippen LogP contribution >= 0.6 is 12.4 Å². The van der Waals surface area contributed by atoms with Crippen LogP contribution in [0.5, 0.6) is 0 Å². The standard InChI is InChI=1S/C15H15N3O2.ClH/c1-15(2)13(20)8-5-10(19)12-11(9(8)6-16-15)17-14(18-12)7-3-4-7;/h6-7H,3-5H2,1-2H3,(H,17,18);1H. The highest BCUT2D eigenvalue weighted by Crippen LogP contribution is 2.41. The Kier molecular flexibility index (Phi) is 2.95. The van der Waals surface area contributed by atoms with Crippen LogP contribution in [-0.4, -0.2) is 33.3 Å². The molecule has 0 spiro atoms. The van der Waals surface area contributed by atoms with Crippen molar-refractivity contribution >= 4 is 35.8 Å². The van der Waals surface area contributed by atoms with Crippen LogP contribution in [0.1, 0.15) is 61.0 Å². The van der Waals surface area contributed by atoms with Crippen molar-refractivity contribution in [2.45, 2.75) is 44.6 Å². The predicted octanol–water partition coefficient (Wildman–Crippen LogP) is 2.48.